The van der Waals surface area contributed by atoms with Crippen molar-refractivity contribution in [2.24, 2.45) is 0 Å². The highest BCUT2D eigenvalue weighted by Gasteiger charge is 2.18. The summed E-state index contributed by atoms with van der Waals surface area (Å²) in [6.45, 7) is 1.85. The molecule has 0 saturated heterocycles. The first-order valence-electron chi connectivity index (χ1n) is 5.98. The molecule has 1 aromatic heterocycles. The van der Waals surface area contributed by atoms with Crippen LogP contribution in [-0.2, 0) is 16.4 Å². The number of nitrogens with two attached hydrogens (primary N) is 1. The fourth-order valence-electron chi connectivity index (χ4n) is 1.78. The summed E-state index contributed by atoms with van der Waals surface area (Å²) in [5.41, 5.74) is 6.17. The van der Waals surface area contributed by atoms with Crippen molar-refractivity contribution in [2.45, 2.75) is 24.3 Å². The van der Waals surface area contributed by atoms with Crippen LogP contribution in [0.3, 0.4) is 0 Å². The van der Waals surface area contributed by atoms with E-state index in [0.717, 1.165) is 4.88 Å². The maximum atomic E-state index is 12.3. The average Bonchev–Trinajstić information content (AvgIpc) is 2.84. The Morgan fingerprint density at radius 3 is 2.75 bits per heavy atom. The van der Waals surface area contributed by atoms with Crippen LogP contribution in [0.15, 0.2) is 45.1 Å². The minimum atomic E-state index is -3.53. The summed E-state index contributed by atoms with van der Waals surface area (Å²) >= 11 is 4.86. The molecule has 0 spiro atoms. The first kappa shape index (κ1) is 15.5. The lowest BCUT2D eigenvalue weighted by molar-refractivity contribution is 0.560. The number of anilines is 1. The predicted molar refractivity (Wildman–Crippen MR) is 86.4 cm³/mol. The van der Waals surface area contributed by atoms with E-state index in [2.05, 4.69) is 20.7 Å². The second kappa shape index (κ2) is 6.26. The molecule has 20 heavy (non-hydrogen) atoms. The molecule has 0 saturated carbocycles. The molecule has 1 aromatic carbocycles. The Morgan fingerprint density at radius 1 is 1.40 bits per heavy atom. The number of halogens is 1. The summed E-state index contributed by atoms with van der Waals surface area (Å²) in [5.74, 6) is 0. The molecule has 1 atom stereocenters. The molecule has 0 amide bonds. The van der Waals surface area contributed by atoms with Crippen LogP contribution in [0.5, 0.6) is 0 Å². The van der Waals surface area contributed by atoms with Crippen molar-refractivity contribution >= 4 is 43.0 Å². The van der Waals surface area contributed by atoms with Gasteiger partial charge in [-0.15, -0.1) is 11.3 Å². The van der Waals surface area contributed by atoms with Gasteiger partial charge >= 0.3 is 0 Å². The Morgan fingerprint density at radius 2 is 2.15 bits per heavy atom. The van der Waals surface area contributed by atoms with E-state index < -0.39 is 10.0 Å². The molecule has 7 heteroatoms. The normalized spacial score (nSPS) is 13.3. The zero-order valence-corrected chi connectivity index (χ0v) is 14.1. The van der Waals surface area contributed by atoms with Gasteiger partial charge in [0.2, 0.25) is 10.0 Å². The van der Waals surface area contributed by atoms with E-state index in [9.17, 15) is 8.42 Å². The molecule has 0 radical (unpaired) electrons. The minimum Gasteiger partial charge on any atom is -0.398 e. The highest BCUT2D eigenvalue weighted by atomic mass is 79.9. The number of rotatable bonds is 5. The SMILES string of the molecule is CC(Cc1cccs1)NS(=O)(=O)c1ccc(N)c(Br)c1. The van der Waals surface area contributed by atoms with E-state index in [0.29, 0.717) is 16.6 Å². The van der Waals surface area contributed by atoms with Gasteiger partial charge in [0.05, 0.1) is 4.90 Å². The van der Waals surface area contributed by atoms with Gasteiger partial charge < -0.3 is 5.73 Å². The van der Waals surface area contributed by atoms with Gasteiger partial charge in [-0.3, -0.25) is 0 Å². The molecule has 4 nitrogen and oxygen atoms in total. The van der Waals surface area contributed by atoms with E-state index >= 15 is 0 Å². The maximum Gasteiger partial charge on any atom is 0.240 e. The Labute approximate surface area is 131 Å². The number of thiophene rings is 1. The minimum absolute atomic E-state index is 0.171. The molecule has 3 N–H and O–H groups in total. The molecule has 1 unspecified atom stereocenters. The lowest BCUT2D eigenvalue weighted by Gasteiger charge is -2.14. The maximum absolute atomic E-state index is 12.3. The van der Waals surface area contributed by atoms with E-state index in [1.807, 2.05) is 24.4 Å². The first-order chi connectivity index (χ1) is 9.38. The van der Waals surface area contributed by atoms with E-state index in [4.69, 9.17) is 5.73 Å². The van der Waals surface area contributed by atoms with Crippen LogP contribution in [0.2, 0.25) is 0 Å². The number of benzene rings is 1. The van der Waals surface area contributed by atoms with Crippen molar-refractivity contribution < 1.29 is 8.42 Å². The smallest absolute Gasteiger partial charge is 0.240 e. The van der Waals surface area contributed by atoms with Crippen molar-refractivity contribution in [1.82, 2.24) is 4.72 Å². The summed E-state index contributed by atoms with van der Waals surface area (Å²) < 4.78 is 27.8. The zero-order valence-electron chi connectivity index (χ0n) is 10.8. The Bertz CT molecular complexity index is 684. The van der Waals surface area contributed by atoms with Crippen LogP contribution < -0.4 is 10.5 Å². The molecule has 108 valence electrons. The first-order valence-corrected chi connectivity index (χ1v) is 9.14. The Kier molecular flexibility index (Phi) is 4.85. The highest BCUT2D eigenvalue weighted by molar-refractivity contribution is 9.10. The molecule has 0 aliphatic carbocycles. The van der Waals surface area contributed by atoms with E-state index in [1.165, 1.54) is 12.1 Å². The second-order valence-corrected chi connectivity index (χ2v) is 8.09. The molecule has 1 heterocycles. The third-order valence-electron chi connectivity index (χ3n) is 2.73. The second-order valence-electron chi connectivity index (χ2n) is 4.49. The van der Waals surface area contributed by atoms with Crippen molar-refractivity contribution in [1.29, 1.82) is 0 Å². The molecule has 2 aromatic rings. The van der Waals surface area contributed by atoms with Crippen LogP contribution in [0.1, 0.15) is 11.8 Å². The summed E-state index contributed by atoms with van der Waals surface area (Å²) in [4.78, 5) is 1.36. The zero-order chi connectivity index (χ0) is 14.8. The number of hydrogen-bond acceptors (Lipinski definition) is 4. The van der Waals surface area contributed by atoms with E-state index in [1.54, 1.807) is 17.4 Å². The number of nitrogen functional groups attached to an aromatic ring is 1. The van der Waals surface area contributed by atoms with Crippen LogP contribution >= 0.6 is 27.3 Å². The summed E-state index contributed by atoms with van der Waals surface area (Å²) in [5, 5.41) is 1.98. The standard InChI is InChI=1S/C13H15BrN2O2S2/c1-9(7-10-3-2-6-19-10)16-20(17,18)11-4-5-13(15)12(14)8-11/h2-6,8-9,16H,7,15H2,1H3. The molecule has 0 aliphatic rings. The van der Waals surface area contributed by atoms with Crippen LogP contribution in [0.25, 0.3) is 0 Å². The lowest BCUT2D eigenvalue weighted by atomic mass is 10.2. The number of sulfonamides is 1. The number of hydrogen-bond donors (Lipinski definition) is 2. The van der Waals surface area contributed by atoms with Crippen LogP contribution in [0, 0.1) is 0 Å². The van der Waals surface area contributed by atoms with Gasteiger partial charge in [-0.05, 0) is 58.9 Å². The topological polar surface area (TPSA) is 72.2 Å². The van der Waals surface area contributed by atoms with Crippen molar-refractivity contribution in [3.8, 4) is 0 Å². The highest BCUT2D eigenvalue weighted by Crippen LogP contribution is 2.23. The Balaban J connectivity index is 2.12. The molecular weight excluding hydrogens is 360 g/mol. The van der Waals surface area contributed by atoms with Gasteiger partial charge in [0.15, 0.2) is 0 Å². The molecular formula is C13H15BrN2O2S2. The van der Waals surface area contributed by atoms with Crippen molar-refractivity contribution in [3.63, 3.8) is 0 Å². The molecule has 2 rings (SSSR count). The third-order valence-corrected chi connectivity index (χ3v) is 5.90. The van der Waals surface area contributed by atoms with Crippen molar-refractivity contribution in [2.75, 3.05) is 5.73 Å². The molecule has 0 aliphatic heterocycles. The lowest BCUT2D eigenvalue weighted by Crippen LogP contribution is -2.33. The van der Waals surface area contributed by atoms with Crippen molar-refractivity contribution in [3.05, 3.63) is 45.1 Å². The monoisotopic (exact) mass is 374 g/mol. The molecule has 0 fully saturated rings. The van der Waals surface area contributed by atoms with E-state index in [-0.39, 0.29) is 10.9 Å². The largest absolute Gasteiger partial charge is 0.398 e. The van der Waals surface area contributed by atoms with Gasteiger partial charge in [-0.25, -0.2) is 13.1 Å². The summed E-state index contributed by atoms with van der Waals surface area (Å²) in [6.07, 6.45) is 0.674. The number of nitrogens with one attached hydrogen (secondary N) is 1. The van der Waals surface area contributed by atoms with Gasteiger partial charge in [0.25, 0.3) is 0 Å². The predicted octanol–water partition coefficient (Wildman–Crippen LogP) is 3.00. The molecule has 0 bridgehead atoms. The summed E-state index contributed by atoms with van der Waals surface area (Å²) in [7, 11) is -3.53. The van der Waals surface area contributed by atoms with Crippen LogP contribution in [0.4, 0.5) is 5.69 Å². The fourth-order valence-corrected chi connectivity index (χ4v) is 4.42. The van der Waals surface area contributed by atoms with Gasteiger partial charge in [-0.1, -0.05) is 6.07 Å². The third kappa shape index (κ3) is 3.82. The average molecular weight is 375 g/mol. The Hall–Kier alpha value is -0.890. The quantitative estimate of drug-likeness (QED) is 0.790. The van der Waals surface area contributed by atoms with Gasteiger partial charge in [0, 0.05) is 21.1 Å². The fraction of sp³-hybridized carbons (Fsp3) is 0.231. The summed E-state index contributed by atoms with van der Waals surface area (Å²) in [6, 6.07) is 8.36. The van der Waals surface area contributed by atoms with Gasteiger partial charge in [-0.2, -0.15) is 0 Å². The van der Waals surface area contributed by atoms with Gasteiger partial charge in [0.1, 0.15) is 0 Å². The van der Waals surface area contributed by atoms with Crippen LogP contribution in [-0.4, -0.2) is 14.5 Å².